The van der Waals surface area contributed by atoms with Crippen molar-refractivity contribution in [2.45, 2.75) is 6.92 Å². The summed E-state index contributed by atoms with van der Waals surface area (Å²) in [6.07, 6.45) is 0.604. The Kier molecular flexibility index (Phi) is 12.1. The van der Waals surface area contributed by atoms with Gasteiger partial charge in [0.1, 0.15) is 0 Å². The van der Waals surface area contributed by atoms with Crippen LogP contribution < -0.4 is 5.11 Å². The van der Waals surface area contributed by atoms with Crippen molar-refractivity contribution in [2.24, 2.45) is 0 Å². The first-order chi connectivity index (χ1) is 3.73. The summed E-state index contributed by atoms with van der Waals surface area (Å²) in [5.41, 5.74) is 0. The molecule has 5 nitrogen and oxygen atoms in total. The van der Waals surface area contributed by atoms with Crippen LogP contribution in [0.25, 0.3) is 0 Å². The van der Waals surface area contributed by atoms with Gasteiger partial charge in [0.05, 0.1) is 10.1 Å². The zero-order valence-electron chi connectivity index (χ0n) is 5.66. The van der Waals surface area contributed by atoms with Crippen molar-refractivity contribution in [3.8, 4) is 0 Å². The Balaban J connectivity index is -0.0000000910. The summed E-state index contributed by atoms with van der Waals surface area (Å²) >= 11 is 0. The molecule has 0 aliphatic carbocycles. The number of carbonyl (C=O) groups excluding carboxylic acids is 1. The van der Waals surface area contributed by atoms with Gasteiger partial charge in [0.15, 0.2) is 0 Å². The van der Waals surface area contributed by atoms with E-state index in [9.17, 15) is 0 Å². The largest absolute Gasteiger partial charge is 2.00 e. The molecular formula is C3H6MgO5S. The Labute approximate surface area is 75.3 Å². The van der Waals surface area contributed by atoms with Crippen LogP contribution in [0, 0.1) is 0 Å². The molecule has 0 aromatic rings. The fourth-order valence-electron chi connectivity index (χ4n) is 0. The van der Waals surface area contributed by atoms with Gasteiger partial charge in [-0.3, -0.25) is 0 Å². The summed E-state index contributed by atoms with van der Waals surface area (Å²) in [6, 6.07) is 0. The van der Waals surface area contributed by atoms with E-state index in [1.54, 1.807) is 0 Å². The molecule has 0 saturated heterocycles. The van der Waals surface area contributed by atoms with Crippen LogP contribution in [0.3, 0.4) is 0 Å². The van der Waals surface area contributed by atoms with E-state index in [0.717, 1.165) is 6.92 Å². The van der Waals surface area contributed by atoms with Gasteiger partial charge in [-0.1, -0.05) is 0 Å². The number of rotatable bonds is 0. The van der Waals surface area contributed by atoms with Gasteiger partial charge in [-0.15, -0.1) is 0 Å². The van der Waals surface area contributed by atoms with Gasteiger partial charge in [-0.25, -0.2) is 8.42 Å². The van der Waals surface area contributed by atoms with Gasteiger partial charge in [0.25, 0.3) is 0 Å². The summed E-state index contributed by atoms with van der Waals surface area (Å²) < 4.78 is 27.2. The minimum absolute atomic E-state index is 0. The van der Waals surface area contributed by atoms with Crippen LogP contribution in [0.1, 0.15) is 6.92 Å². The van der Waals surface area contributed by atoms with E-state index in [2.05, 4.69) is 0 Å². The molecule has 56 valence electrons. The third-order valence-electron chi connectivity index (χ3n) is 0. The molecule has 0 bridgehead atoms. The maximum Gasteiger partial charge on any atom is 2.00 e. The molecule has 0 N–H and O–H groups in total. The Hall–Kier alpha value is 0.146. The number of carboxylic acid groups (broad SMARTS) is 1. The predicted molar refractivity (Wildman–Crippen MR) is 32.1 cm³/mol. The molecule has 0 fully saturated rings. The molecule has 0 saturated carbocycles. The van der Waals surface area contributed by atoms with Crippen molar-refractivity contribution < 1.29 is 22.9 Å². The van der Waals surface area contributed by atoms with Crippen molar-refractivity contribution >= 4 is 39.1 Å². The van der Waals surface area contributed by atoms with E-state index < -0.39 is 16.1 Å². The Morgan fingerprint density at radius 1 is 1.40 bits per heavy atom. The summed E-state index contributed by atoms with van der Waals surface area (Å²) in [7, 11) is -3.92. The molecule has 0 amide bonds. The standard InChI is InChI=1S/C2H4O2.CH4O3S.Mg/c1-2(3)4;1-5(2,3)4;/h1H3,(H,3,4);1H3,(H,2,3,4);/q;;+2/p-2. The number of hydrogen-bond donors (Lipinski definition) is 0. The fourth-order valence-corrected chi connectivity index (χ4v) is 0. The van der Waals surface area contributed by atoms with E-state index in [-0.39, 0.29) is 23.1 Å². The number of hydrogen-bond acceptors (Lipinski definition) is 5. The van der Waals surface area contributed by atoms with Crippen LogP contribution in [0.2, 0.25) is 0 Å². The topological polar surface area (TPSA) is 97.3 Å². The van der Waals surface area contributed by atoms with Crippen LogP contribution in [0.15, 0.2) is 0 Å². The molecule has 0 spiro atoms. The molecule has 0 aromatic carbocycles. The van der Waals surface area contributed by atoms with Gasteiger partial charge in [0.2, 0.25) is 0 Å². The first-order valence-electron chi connectivity index (χ1n) is 1.82. The van der Waals surface area contributed by atoms with Crippen LogP contribution in [-0.2, 0) is 14.9 Å². The minimum atomic E-state index is -3.92. The van der Waals surface area contributed by atoms with E-state index in [4.69, 9.17) is 22.9 Å². The number of carboxylic acids is 1. The maximum atomic E-state index is 9.08. The smallest absolute Gasteiger partial charge is 0.748 e. The normalized spacial score (nSPS) is 8.30. The molecule has 0 heterocycles. The van der Waals surface area contributed by atoms with Crippen molar-refractivity contribution in [1.82, 2.24) is 0 Å². The zero-order chi connectivity index (χ0) is 8.08. The predicted octanol–water partition coefficient (Wildman–Crippen LogP) is -2.46. The van der Waals surface area contributed by atoms with Crippen molar-refractivity contribution in [1.29, 1.82) is 0 Å². The molecular weight excluding hydrogens is 172 g/mol. The third-order valence-corrected chi connectivity index (χ3v) is 0. The molecule has 7 heteroatoms. The summed E-state index contributed by atoms with van der Waals surface area (Å²) in [5.74, 6) is -1.08. The van der Waals surface area contributed by atoms with E-state index in [0.29, 0.717) is 6.26 Å². The Morgan fingerprint density at radius 3 is 1.40 bits per heavy atom. The Morgan fingerprint density at radius 2 is 1.40 bits per heavy atom. The van der Waals surface area contributed by atoms with Crippen LogP contribution >= 0.6 is 0 Å². The molecule has 0 aromatic heterocycles. The van der Waals surface area contributed by atoms with Crippen LogP contribution in [0.5, 0.6) is 0 Å². The summed E-state index contributed by atoms with van der Waals surface area (Å²) in [6.45, 7) is 0.972. The summed E-state index contributed by atoms with van der Waals surface area (Å²) in [5, 5.41) is 8.89. The van der Waals surface area contributed by atoms with E-state index in [1.165, 1.54) is 0 Å². The second kappa shape index (κ2) is 7.26. The van der Waals surface area contributed by atoms with Gasteiger partial charge in [0, 0.05) is 12.2 Å². The quantitative estimate of drug-likeness (QED) is 0.303. The second-order valence-corrected chi connectivity index (χ2v) is 2.60. The molecule has 0 atom stereocenters. The monoisotopic (exact) mass is 178 g/mol. The second-order valence-electron chi connectivity index (χ2n) is 1.20. The maximum absolute atomic E-state index is 9.08. The number of aliphatic carboxylic acids is 1. The minimum Gasteiger partial charge on any atom is -0.748 e. The molecule has 0 rings (SSSR count). The van der Waals surface area contributed by atoms with Crippen molar-refractivity contribution in [2.75, 3.05) is 6.26 Å². The van der Waals surface area contributed by atoms with E-state index >= 15 is 0 Å². The van der Waals surface area contributed by atoms with Gasteiger partial charge >= 0.3 is 23.1 Å². The van der Waals surface area contributed by atoms with Crippen molar-refractivity contribution in [3.63, 3.8) is 0 Å². The van der Waals surface area contributed by atoms with Crippen LogP contribution in [0.4, 0.5) is 0 Å². The number of carbonyl (C=O) groups is 1. The van der Waals surface area contributed by atoms with Gasteiger partial charge < -0.3 is 14.5 Å². The molecule has 0 radical (unpaired) electrons. The zero-order valence-corrected chi connectivity index (χ0v) is 7.89. The van der Waals surface area contributed by atoms with Gasteiger partial charge in [-0.2, -0.15) is 0 Å². The molecule has 0 aliphatic heterocycles. The van der Waals surface area contributed by atoms with Crippen molar-refractivity contribution in [3.05, 3.63) is 0 Å². The van der Waals surface area contributed by atoms with Crippen LogP contribution in [-0.4, -0.2) is 48.2 Å². The van der Waals surface area contributed by atoms with E-state index in [1.807, 2.05) is 0 Å². The SMILES string of the molecule is CC(=O)[O-].CS(=O)(=O)[O-].[Mg+2]. The van der Waals surface area contributed by atoms with Gasteiger partial charge in [-0.05, 0) is 6.92 Å². The first-order valence-corrected chi connectivity index (χ1v) is 3.63. The molecule has 0 unspecified atom stereocenters. The average molecular weight is 178 g/mol. The average Bonchev–Trinajstić information content (AvgIpc) is 1.19. The first kappa shape index (κ1) is 16.6. The fraction of sp³-hybridized carbons (Fsp3) is 0.667. The molecule has 0 aliphatic rings. The Bertz CT molecular complexity index is 159. The molecule has 10 heavy (non-hydrogen) atoms. The summed E-state index contributed by atoms with van der Waals surface area (Å²) in [4.78, 5) is 8.89. The third kappa shape index (κ3) is 19500.